The summed E-state index contributed by atoms with van der Waals surface area (Å²) in [5.74, 6) is 1.03. The molecular formula is C21H22N2O5. The van der Waals surface area contributed by atoms with Crippen molar-refractivity contribution in [3.05, 3.63) is 30.4 Å². The molecule has 0 spiro atoms. The summed E-state index contributed by atoms with van der Waals surface area (Å²) in [5, 5.41) is 2.74. The lowest BCUT2D eigenvalue weighted by molar-refractivity contribution is -0.142. The Bertz CT molecular complexity index is 874. The van der Waals surface area contributed by atoms with Gasteiger partial charge in [-0.15, -0.1) is 0 Å². The van der Waals surface area contributed by atoms with Crippen LogP contribution < -0.4 is 14.8 Å². The SMILES string of the molecule is COc1ccc(OC)c(NC(=O)CN2C(=O)[C@@H]3[C@@H]4C=C[C@@H]([C@@H]5C[C@H]45)[C@@H]3C2=O)c1. The summed E-state index contributed by atoms with van der Waals surface area (Å²) in [7, 11) is 3.04. The van der Waals surface area contributed by atoms with Crippen molar-refractivity contribution in [3.8, 4) is 11.5 Å². The number of likely N-dealkylation sites (tertiary alicyclic amines) is 1. The van der Waals surface area contributed by atoms with Crippen LogP contribution in [0.2, 0.25) is 0 Å². The molecule has 1 aliphatic heterocycles. The third-order valence-corrected chi connectivity index (χ3v) is 6.74. The number of methoxy groups -OCH3 is 2. The van der Waals surface area contributed by atoms with E-state index in [4.69, 9.17) is 9.47 Å². The summed E-state index contributed by atoms with van der Waals surface area (Å²) < 4.78 is 10.4. The van der Waals surface area contributed by atoms with E-state index in [-0.39, 0.29) is 42.0 Å². The largest absolute Gasteiger partial charge is 0.497 e. The molecule has 0 radical (unpaired) electrons. The van der Waals surface area contributed by atoms with Crippen molar-refractivity contribution in [1.82, 2.24) is 4.90 Å². The fraction of sp³-hybridized carbons (Fsp3) is 0.476. The first-order valence-electron chi connectivity index (χ1n) is 9.59. The molecule has 7 nitrogen and oxygen atoms in total. The molecule has 5 aliphatic rings. The summed E-state index contributed by atoms with van der Waals surface area (Å²) in [6, 6.07) is 5.05. The molecule has 3 amide bonds. The number of imide groups is 1. The van der Waals surface area contributed by atoms with Gasteiger partial charge < -0.3 is 14.8 Å². The standard InChI is InChI=1S/C21H22N2O5/c1-27-10-3-6-16(28-2)15(7-10)22-17(24)9-23-20(25)18-11-4-5-12(14-8-13(11)14)19(18)21(23)26/h3-7,11-14,18-19H,8-9H2,1-2H3,(H,22,24)/t11-,12+,13-,14+,18-,19+. The number of carbonyl (C=O) groups is 3. The van der Waals surface area contributed by atoms with Crippen LogP contribution in [0.25, 0.3) is 0 Å². The maximum atomic E-state index is 13.0. The molecule has 1 saturated heterocycles. The maximum Gasteiger partial charge on any atom is 0.244 e. The van der Waals surface area contributed by atoms with Crippen LogP contribution in [0.3, 0.4) is 0 Å². The smallest absolute Gasteiger partial charge is 0.244 e. The van der Waals surface area contributed by atoms with E-state index in [1.54, 1.807) is 18.2 Å². The molecule has 2 bridgehead atoms. The van der Waals surface area contributed by atoms with Gasteiger partial charge in [-0.05, 0) is 42.2 Å². The molecule has 146 valence electrons. The van der Waals surface area contributed by atoms with Gasteiger partial charge in [-0.25, -0.2) is 0 Å². The normalized spacial score (nSPS) is 34.1. The van der Waals surface area contributed by atoms with Gasteiger partial charge in [0.05, 0.1) is 31.7 Å². The molecule has 4 aliphatic carbocycles. The van der Waals surface area contributed by atoms with E-state index in [0.717, 1.165) is 11.3 Å². The van der Waals surface area contributed by atoms with E-state index in [1.807, 2.05) is 0 Å². The second kappa shape index (κ2) is 6.09. The second-order valence-electron chi connectivity index (χ2n) is 8.03. The van der Waals surface area contributed by atoms with Crippen LogP contribution in [0.5, 0.6) is 11.5 Å². The minimum Gasteiger partial charge on any atom is -0.497 e. The number of allylic oxidation sites excluding steroid dienone is 2. The zero-order valence-corrected chi connectivity index (χ0v) is 15.8. The lowest BCUT2D eigenvalue weighted by Gasteiger charge is -2.37. The van der Waals surface area contributed by atoms with Gasteiger partial charge in [-0.2, -0.15) is 0 Å². The Hall–Kier alpha value is -2.83. The monoisotopic (exact) mass is 382 g/mol. The van der Waals surface area contributed by atoms with Gasteiger partial charge in [-0.1, -0.05) is 12.2 Å². The first-order valence-corrected chi connectivity index (χ1v) is 9.59. The quantitative estimate of drug-likeness (QED) is 0.619. The average molecular weight is 382 g/mol. The van der Waals surface area contributed by atoms with Crippen molar-refractivity contribution in [3.63, 3.8) is 0 Å². The molecule has 28 heavy (non-hydrogen) atoms. The number of rotatable bonds is 5. The van der Waals surface area contributed by atoms with Crippen LogP contribution in [0.1, 0.15) is 6.42 Å². The van der Waals surface area contributed by atoms with Crippen LogP contribution in [-0.2, 0) is 14.4 Å². The Labute approximate surface area is 162 Å². The summed E-state index contributed by atoms with van der Waals surface area (Å²) >= 11 is 0. The Morgan fingerprint density at radius 3 is 2.29 bits per heavy atom. The molecule has 6 rings (SSSR count). The van der Waals surface area contributed by atoms with Crippen molar-refractivity contribution in [2.75, 3.05) is 26.1 Å². The third-order valence-electron chi connectivity index (χ3n) is 6.74. The Morgan fingerprint density at radius 1 is 1.07 bits per heavy atom. The molecule has 7 heteroatoms. The van der Waals surface area contributed by atoms with Gasteiger partial charge >= 0.3 is 0 Å². The van der Waals surface area contributed by atoms with E-state index in [1.165, 1.54) is 14.2 Å². The molecule has 1 heterocycles. The van der Waals surface area contributed by atoms with E-state index in [0.29, 0.717) is 29.0 Å². The first kappa shape index (κ1) is 17.3. The van der Waals surface area contributed by atoms with Crippen molar-refractivity contribution in [1.29, 1.82) is 0 Å². The van der Waals surface area contributed by atoms with Gasteiger partial charge in [0.1, 0.15) is 18.0 Å². The number of ether oxygens (including phenoxy) is 2. The predicted molar refractivity (Wildman–Crippen MR) is 99.6 cm³/mol. The number of anilines is 1. The zero-order chi connectivity index (χ0) is 19.6. The first-order chi connectivity index (χ1) is 13.5. The molecule has 2 saturated carbocycles. The van der Waals surface area contributed by atoms with Crippen LogP contribution in [0, 0.1) is 35.5 Å². The third kappa shape index (κ3) is 2.38. The van der Waals surface area contributed by atoms with Crippen LogP contribution in [0.15, 0.2) is 30.4 Å². The van der Waals surface area contributed by atoms with Gasteiger partial charge in [0, 0.05) is 6.07 Å². The minimum atomic E-state index is -0.433. The lowest BCUT2D eigenvalue weighted by Crippen LogP contribution is -2.40. The molecular weight excluding hydrogens is 360 g/mol. The van der Waals surface area contributed by atoms with E-state index >= 15 is 0 Å². The van der Waals surface area contributed by atoms with Crippen LogP contribution in [-0.4, -0.2) is 43.4 Å². The van der Waals surface area contributed by atoms with Crippen molar-refractivity contribution in [2.24, 2.45) is 35.5 Å². The number of hydrogen-bond donors (Lipinski definition) is 1. The Kier molecular flexibility index (Phi) is 3.76. The molecule has 1 aromatic rings. The minimum absolute atomic E-state index is 0.156. The number of benzene rings is 1. The van der Waals surface area contributed by atoms with Crippen molar-refractivity contribution >= 4 is 23.4 Å². The highest BCUT2D eigenvalue weighted by molar-refractivity contribution is 6.09. The fourth-order valence-corrected chi connectivity index (χ4v) is 5.42. The second-order valence-corrected chi connectivity index (χ2v) is 8.03. The summed E-state index contributed by atoms with van der Waals surface area (Å²) in [5.41, 5.74) is 0.436. The van der Waals surface area contributed by atoms with Crippen molar-refractivity contribution < 1.29 is 23.9 Å². The predicted octanol–water partition coefficient (Wildman–Crippen LogP) is 1.70. The summed E-state index contributed by atoms with van der Waals surface area (Å²) in [6.45, 7) is -0.278. The summed E-state index contributed by atoms with van der Waals surface area (Å²) in [6.07, 6.45) is 5.36. The number of amides is 3. The average Bonchev–Trinajstić information content (AvgIpc) is 3.49. The van der Waals surface area contributed by atoms with Gasteiger partial charge in [0.25, 0.3) is 0 Å². The highest BCUT2D eigenvalue weighted by Crippen LogP contribution is 2.65. The Balaban J connectivity index is 1.33. The number of hydrogen-bond acceptors (Lipinski definition) is 5. The highest BCUT2D eigenvalue weighted by atomic mass is 16.5. The van der Waals surface area contributed by atoms with Gasteiger partial charge in [-0.3, -0.25) is 19.3 Å². The zero-order valence-electron chi connectivity index (χ0n) is 15.8. The number of carbonyl (C=O) groups excluding carboxylic acids is 3. The van der Waals surface area contributed by atoms with E-state index in [2.05, 4.69) is 17.5 Å². The molecule has 1 N–H and O–H groups in total. The number of nitrogens with zero attached hydrogens (tertiary/aromatic N) is 1. The molecule has 0 aromatic heterocycles. The van der Waals surface area contributed by atoms with Gasteiger partial charge in [0.15, 0.2) is 0 Å². The van der Waals surface area contributed by atoms with E-state index in [9.17, 15) is 14.4 Å². The molecule has 3 fully saturated rings. The van der Waals surface area contributed by atoms with Crippen LogP contribution >= 0.6 is 0 Å². The van der Waals surface area contributed by atoms with Gasteiger partial charge in [0.2, 0.25) is 17.7 Å². The highest BCUT2D eigenvalue weighted by Gasteiger charge is 2.67. The number of nitrogens with one attached hydrogen (secondary N) is 1. The fourth-order valence-electron chi connectivity index (χ4n) is 5.42. The lowest BCUT2D eigenvalue weighted by atomic mass is 9.63. The Morgan fingerprint density at radius 2 is 1.71 bits per heavy atom. The molecule has 0 unspecified atom stereocenters. The van der Waals surface area contributed by atoms with Crippen molar-refractivity contribution in [2.45, 2.75) is 6.42 Å². The molecule has 1 aromatic carbocycles. The van der Waals surface area contributed by atoms with E-state index < -0.39 is 5.91 Å². The summed E-state index contributed by atoms with van der Waals surface area (Å²) in [4.78, 5) is 39.7. The topological polar surface area (TPSA) is 84.9 Å². The molecule has 6 atom stereocenters. The maximum absolute atomic E-state index is 13.0. The van der Waals surface area contributed by atoms with Crippen LogP contribution in [0.4, 0.5) is 5.69 Å².